The van der Waals surface area contributed by atoms with Crippen molar-refractivity contribution in [1.82, 2.24) is 4.90 Å². The van der Waals surface area contributed by atoms with E-state index in [2.05, 4.69) is 21.9 Å². The number of hydrogen-bond acceptors (Lipinski definition) is 3. The minimum absolute atomic E-state index is 0.251. The molecule has 3 heteroatoms. The first kappa shape index (κ1) is 12.1. The third-order valence-corrected chi connectivity index (χ3v) is 2.91. The highest BCUT2D eigenvalue weighted by Gasteiger charge is 2.09. The van der Waals surface area contributed by atoms with Crippen LogP contribution in [0.3, 0.4) is 0 Å². The Bertz CT molecular complexity index is 269. The molecule has 1 rings (SSSR count). The zero-order valence-corrected chi connectivity index (χ0v) is 9.66. The summed E-state index contributed by atoms with van der Waals surface area (Å²) in [6, 6.07) is 0. The minimum atomic E-state index is 0.251. The van der Waals surface area contributed by atoms with Gasteiger partial charge in [-0.25, -0.2) is 0 Å². The number of nitrogens with zero attached hydrogens (tertiary/aromatic N) is 2. The Balaban J connectivity index is 2.21. The van der Waals surface area contributed by atoms with Gasteiger partial charge in [-0.1, -0.05) is 18.0 Å². The maximum Gasteiger partial charge on any atom is 0.0601 e. The summed E-state index contributed by atoms with van der Waals surface area (Å²) in [6.45, 7) is 7.14. The van der Waals surface area contributed by atoms with Gasteiger partial charge in [0.25, 0.3) is 0 Å². The van der Waals surface area contributed by atoms with E-state index in [0.717, 1.165) is 18.7 Å². The van der Waals surface area contributed by atoms with Crippen LogP contribution in [0.25, 0.3) is 0 Å². The van der Waals surface area contributed by atoms with E-state index in [-0.39, 0.29) is 5.92 Å². The molecule has 0 bridgehead atoms. The van der Waals surface area contributed by atoms with Crippen LogP contribution >= 0.6 is 0 Å². The second kappa shape index (κ2) is 6.47. The SMILES string of the molecule is C/C(=N\O)C(C)CC#CCN1CCCC1. The second-order valence-corrected chi connectivity index (χ2v) is 4.18. The van der Waals surface area contributed by atoms with Crippen LogP contribution in [-0.4, -0.2) is 35.5 Å². The molecule has 1 fully saturated rings. The molecule has 15 heavy (non-hydrogen) atoms. The largest absolute Gasteiger partial charge is 0.411 e. The number of hydrogen-bond donors (Lipinski definition) is 1. The molecule has 3 nitrogen and oxygen atoms in total. The van der Waals surface area contributed by atoms with Crippen molar-refractivity contribution in [3.63, 3.8) is 0 Å². The highest BCUT2D eigenvalue weighted by atomic mass is 16.4. The van der Waals surface area contributed by atoms with Crippen molar-refractivity contribution in [2.45, 2.75) is 33.1 Å². The molecule has 1 saturated heterocycles. The standard InChI is InChI=1S/C12H20N2O/c1-11(12(2)13-15)7-3-4-8-14-9-5-6-10-14/h11,15H,5-10H2,1-2H3/b13-12+. The van der Waals surface area contributed by atoms with Crippen molar-refractivity contribution in [3.8, 4) is 11.8 Å². The molecule has 0 radical (unpaired) electrons. The molecule has 1 atom stereocenters. The molecule has 0 aromatic carbocycles. The Morgan fingerprint density at radius 1 is 1.40 bits per heavy atom. The van der Waals surface area contributed by atoms with Crippen molar-refractivity contribution < 1.29 is 5.21 Å². The molecule has 1 unspecified atom stereocenters. The van der Waals surface area contributed by atoms with E-state index in [1.807, 2.05) is 13.8 Å². The fourth-order valence-electron chi connectivity index (χ4n) is 1.58. The molecule has 1 aliphatic heterocycles. The predicted octanol–water partition coefficient (Wildman–Crippen LogP) is 1.96. The maximum absolute atomic E-state index is 8.57. The van der Waals surface area contributed by atoms with Crippen molar-refractivity contribution in [3.05, 3.63) is 0 Å². The summed E-state index contributed by atoms with van der Waals surface area (Å²) in [4.78, 5) is 2.38. The average molecular weight is 208 g/mol. The number of likely N-dealkylation sites (tertiary alicyclic amines) is 1. The first-order chi connectivity index (χ1) is 7.24. The van der Waals surface area contributed by atoms with Gasteiger partial charge in [-0.15, -0.1) is 5.92 Å². The lowest BCUT2D eigenvalue weighted by Crippen LogP contribution is -2.19. The third-order valence-electron chi connectivity index (χ3n) is 2.91. The lowest BCUT2D eigenvalue weighted by molar-refractivity contribution is 0.315. The van der Waals surface area contributed by atoms with Gasteiger partial charge in [0.2, 0.25) is 0 Å². The second-order valence-electron chi connectivity index (χ2n) is 4.18. The molecule has 1 aliphatic rings. The fourth-order valence-corrected chi connectivity index (χ4v) is 1.58. The van der Waals surface area contributed by atoms with Crippen molar-refractivity contribution in [1.29, 1.82) is 0 Å². The molecule has 0 amide bonds. The van der Waals surface area contributed by atoms with Crippen LogP contribution in [0.15, 0.2) is 5.16 Å². The van der Waals surface area contributed by atoms with E-state index in [9.17, 15) is 0 Å². The molecule has 0 aromatic rings. The van der Waals surface area contributed by atoms with E-state index in [0.29, 0.717) is 0 Å². The summed E-state index contributed by atoms with van der Waals surface area (Å²) in [6.07, 6.45) is 3.41. The lowest BCUT2D eigenvalue weighted by atomic mass is 10.0. The summed E-state index contributed by atoms with van der Waals surface area (Å²) >= 11 is 0. The fraction of sp³-hybridized carbons (Fsp3) is 0.750. The first-order valence-electron chi connectivity index (χ1n) is 5.60. The number of oxime groups is 1. The van der Waals surface area contributed by atoms with Crippen LogP contribution in [-0.2, 0) is 0 Å². The Labute approximate surface area is 92.2 Å². The van der Waals surface area contributed by atoms with Crippen LogP contribution in [0.1, 0.15) is 33.1 Å². The van der Waals surface area contributed by atoms with Crippen LogP contribution in [0.2, 0.25) is 0 Å². The lowest BCUT2D eigenvalue weighted by Gasteiger charge is -2.08. The van der Waals surface area contributed by atoms with Crippen molar-refractivity contribution >= 4 is 5.71 Å². The van der Waals surface area contributed by atoms with Gasteiger partial charge in [0.1, 0.15) is 0 Å². The maximum atomic E-state index is 8.57. The van der Waals surface area contributed by atoms with E-state index < -0.39 is 0 Å². The molecule has 0 saturated carbocycles. The Morgan fingerprint density at radius 3 is 2.67 bits per heavy atom. The summed E-state index contributed by atoms with van der Waals surface area (Å²) in [5.74, 6) is 6.57. The van der Waals surface area contributed by atoms with Gasteiger partial charge in [0, 0.05) is 12.3 Å². The zero-order chi connectivity index (χ0) is 11.1. The van der Waals surface area contributed by atoms with E-state index >= 15 is 0 Å². The minimum Gasteiger partial charge on any atom is -0.411 e. The van der Waals surface area contributed by atoms with Crippen molar-refractivity contribution in [2.75, 3.05) is 19.6 Å². The van der Waals surface area contributed by atoms with Crippen LogP contribution in [0, 0.1) is 17.8 Å². The molecular formula is C12H20N2O. The molecule has 0 aromatic heterocycles. The highest BCUT2D eigenvalue weighted by Crippen LogP contribution is 2.06. The summed E-state index contributed by atoms with van der Waals surface area (Å²) in [5, 5.41) is 11.7. The molecule has 1 heterocycles. The quantitative estimate of drug-likeness (QED) is 0.333. The van der Waals surface area contributed by atoms with Gasteiger partial charge >= 0.3 is 0 Å². The van der Waals surface area contributed by atoms with Gasteiger partial charge in [-0.2, -0.15) is 0 Å². The van der Waals surface area contributed by atoms with E-state index in [4.69, 9.17) is 5.21 Å². The smallest absolute Gasteiger partial charge is 0.0601 e. The van der Waals surface area contributed by atoms with E-state index in [1.165, 1.54) is 25.9 Å². The normalized spacial score (nSPS) is 19.7. The predicted molar refractivity (Wildman–Crippen MR) is 62.1 cm³/mol. The van der Waals surface area contributed by atoms with Gasteiger partial charge < -0.3 is 5.21 Å². The van der Waals surface area contributed by atoms with Crippen LogP contribution < -0.4 is 0 Å². The van der Waals surface area contributed by atoms with Crippen molar-refractivity contribution in [2.24, 2.45) is 11.1 Å². The van der Waals surface area contributed by atoms with Gasteiger partial charge in [-0.05, 0) is 32.9 Å². The van der Waals surface area contributed by atoms with Gasteiger partial charge in [0.15, 0.2) is 0 Å². The van der Waals surface area contributed by atoms with Crippen LogP contribution in [0.4, 0.5) is 0 Å². The molecule has 0 spiro atoms. The Kier molecular flexibility index (Phi) is 5.20. The molecular weight excluding hydrogens is 188 g/mol. The Morgan fingerprint density at radius 2 is 2.07 bits per heavy atom. The highest BCUT2D eigenvalue weighted by molar-refractivity contribution is 5.83. The van der Waals surface area contributed by atoms with E-state index in [1.54, 1.807) is 0 Å². The zero-order valence-electron chi connectivity index (χ0n) is 9.66. The molecule has 1 N–H and O–H groups in total. The summed E-state index contributed by atoms with van der Waals surface area (Å²) < 4.78 is 0. The summed E-state index contributed by atoms with van der Waals surface area (Å²) in [7, 11) is 0. The van der Waals surface area contributed by atoms with Gasteiger partial charge in [0.05, 0.1) is 12.3 Å². The molecule has 0 aliphatic carbocycles. The summed E-state index contributed by atoms with van der Waals surface area (Å²) in [5.41, 5.74) is 0.755. The number of rotatable bonds is 3. The van der Waals surface area contributed by atoms with Gasteiger partial charge in [-0.3, -0.25) is 4.90 Å². The first-order valence-corrected chi connectivity index (χ1v) is 5.60. The third kappa shape index (κ3) is 4.35. The molecule has 84 valence electrons. The average Bonchev–Trinajstić information content (AvgIpc) is 2.75. The van der Waals surface area contributed by atoms with Crippen LogP contribution in [0.5, 0.6) is 0 Å². The topological polar surface area (TPSA) is 35.8 Å². The monoisotopic (exact) mass is 208 g/mol. The Hall–Kier alpha value is -1.01.